The molecule has 0 saturated heterocycles. The van der Waals surface area contributed by atoms with Gasteiger partial charge in [0, 0.05) is 12.8 Å². The third-order valence-corrected chi connectivity index (χ3v) is 13.3. The lowest BCUT2D eigenvalue weighted by Crippen LogP contribution is -2.37. The van der Waals surface area contributed by atoms with Gasteiger partial charge >= 0.3 is 19.8 Å². The van der Waals surface area contributed by atoms with E-state index in [9.17, 15) is 19.0 Å². The van der Waals surface area contributed by atoms with Gasteiger partial charge < -0.3 is 18.9 Å². The first-order valence-electron chi connectivity index (χ1n) is 27.4. The summed E-state index contributed by atoms with van der Waals surface area (Å²) in [4.78, 5) is 35.6. The van der Waals surface area contributed by atoms with Crippen LogP contribution in [-0.4, -0.2) is 74.9 Å². The van der Waals surface area contributed by atoms with E-state index < -0.39 is 26.5 Å². The smallest absolute Gasteiger partial charge is 0.462 e. The van der Waals surface area contributed by atoms with Gasteiger partial charge in [0.05, 0.1) is 27.7 Å². The van der Waals surface area contributed by atoms with Crippen molar-refractivity contribution in [2.75, 3.05) is 47.5 Å². The number of nitrogens with zero attached hydrogens (tertiary/aromatic N) is 1. The SMILES string of the molecule is CCCCCCCCC/C=C\CCCCCCCCCC(=O)OC(COC(=O)CCCCCCCCCCCCCCCCCCCCCCCC)COP(=O)(O)OCC[N+](C)(C)C. The zero-order chi connectivity index (χ0) is 47.1. The number of rotatable bonds is 51. The first-order valence-corrected chi connectivity index (χ1v) is 28.9. The molecule has 0 radical (unpaired) electrons. The molecule has 0 aromatic carbocycles. The summed E-state index contributed by atoms with van der Waals surface area (Å²) in [5.41, 5.74) is 0. The highest BCUT2D eigenvalue weighted by atomic mass is 31.2. The molecule has 1 N–H and O–H groups in total. The van der Waals surface area contributed by atoms with E-state index in [4.69, 9.17) is 18.5 Å². The number of likely N-dealkylation sites (N-methyl/N-ethyl adjacent to an activating group) is 1. The van der Waals surface area contributed by atoms with Crippen LogP contribution in [-0.2, 0) is 32.7 Å². The molecule has 0 bridgehead atoms. The van der Waals surface area contributed by atoms with Crippen LogP contribution in [0.2, 0.25) is 0 Å². The van der Waals surface area contributed by atoms with Crippen molar-refractivity contribution >= 4 is 19.8 Å². The highest BCUT2D eigenvalue weighted by Gasteiger charge is 2.27. The second-order valence-corrected chi connectivity index (χ2v) is 21.4. The molecule has 0 aromatic heterocycles. The average Bonchev–Trinajstić information content (AvgIpc) is 3.25. The fourth-order valence-electron chi connectivity index (χ4n) is 8.01. The van der Waals surface area contributed by atoms with Crippen molar-refractivity contribution in [3.8, 4) is 0 Å². The van der Waals surface area contributed by atoms with Crippen LogP contribution in [0.3, 0.4) is 0 Å². The number of phosphoric ester groups is 1. The van der Waals surface area contributed by atoms with E-state index in [1.54, 1.807) is 0 Å². The third kappa shape index (κ3) is 50.2. The quantitative estimate of drug-likeness (QED) is 0.0211. The van der Waals surface area contributed by atoms with Crippen LogP contribution in [0, 0.1) is 0 Å². The first kappa shape index (κ1) is 62.8. The van der Waals surface area contributed by atoms with Crippen LogP contribution < -0.4 is 0 Å². The van der Waals surface area contributed by atoms with Gasteiger partial charge in [-0.05, 0) is 38.5 Å². The Labute approximate surface area is 396 Å². The maximum Gasteiger partial charge on any atom is 0.472 e. The Kier molecular flexibility index (Phi) is 45.9. The van der Waals surface area contributed by atoms with Gasteiger partial charge in [-0.2, -0.15) is 0 Å². The summed E-state index contributed by atoms with van der Waals surface area (Å²) in [6.45, 7) is 4.48. The molecular formula is C54H107NO8P+. The van der Waals surface area contributed by atoms with E-state index in [0.717, 1.165) is 44.9 Å². The molecule has 2 unspecified atom stereocenters. The molecule has 0 spiro atoms. The molecule has 0 aliphatic carbocycles. The van der Waals surface area contributed by atoms with E-state index in [-0.39, 0.29) is 25.6 Å². The Morgan fingerprint density at radius 3 is 1.16 bits per heavy atom. The van der Waals surface area contributed by atoms with Gasteiger partial charge in [-0.1, -0.05) is 231 Å². The molecule has 0 saturated carbocycles. The highest BCUT2D eigenvalue weighted by Crippen LogP contribution is 2.43. The Morgan fingerprint density at radius 2 is 0.797 bits per heavy atom. The summed E-state index contributed by atoms with van der Waals surface area (Å²) < 4.78 is 34.5. The highest BCUT2D eigenvalue weighted by molar-refractivity contribution is 7.47. The number of quaternary nitrogens is 1. The molecule has 0 aliphatic heterocycles. The first-order chi connectivity index (χ1) is 31.0. The van der Waals surface area contributed by atoms with Crippen LogP contribution in [0.15, 0.2) is 12.2 Å². The van der Waals surface area contributed by atoms with Gasteiger partial charge in [0.2, 0.25) is 0 Å². The molecular weight excluding hydrogens is 822 g/mol. The Morgan fingerprint density at radius 1 is 0.469 bits per heavy atom. The predicted molar refractivity (Wildman–Crippen MR) is 271 cm³/mol. The second kappa shape index (κ2) is 46.8. The van der Waals surface area contributed by atoms with Crippen molar-refractivity contribution in [3.63, 3.8) is 0 Å². The van der Waals surface area contributed by atoms with E-state index in [0.29, 0.717) is 23.9 Å². The van der Waals surface area contributed by atoms with Crippen LogP contribution in [0.5, 0.6) is 0 Å². The van der Waals surface area contributed by atoms with Crippen LogP contribution in [0.1, 0.15) is 271 Å². The maximum absolute atomic E-state index is 12.8. The molecule has 2 atom stereocenters. The number of phosphoric acid groups is 1. The zero-order valence-corrected chi connectivity index (χ0v) is 43.9. The number of ether oxygens (including phenoxy) is 2. The number of hydrogen-bond donors (Lipinski definition) is 1. The van der Waals surface area contributed by atoms with Gasteiger partial charge in [-0.15, -0.1) is 0 Å². The van der Waals surface area contributed by atoms with Crippen LogP contribution >= 0.6 is 7.82 Å². The van der Waals surface area contributed by atoms with Crippen molar-refractivity contribution in [2.24, 2.45) is 0 Å². The normalized spacial score (nSPS) is 13.4. The summed E-state index contributed by atoms with van der Waals surface area (Å²) >= 11 is 0. The number of unbranched alkanes of at least 4 members (excludes halogenated alkanes) is 35. The van der Waals surface area contributed by atoms with Crippen molar-refractivity contribution in [1.29, 1.82) is 0 Å². The van der Waals surface area contributed by atoms with Gasteiger partial charge in [-0.25, -0.2) is 4.57 Å². The fraction of sp³-hybridized carbons (Fsp3) is 0.926. The topological polar surface area (TPSA) is 108 Å². The third-order valence-electron chi connectivity index (χ3n) is 12.3. The molecule has 9 nitrogen and oxygen atoms in total. The Balaban J connectivity index is 4.16. The molecule has 380 valence electrons. The minimum Gasteiger partial charge on any atom is -0.462 e. The van der Waals surface area contributed by atoms with Crippen LogP contribution in [0.4, 0.5) is 0 Å². The molecule has 0 rings (SSSR count). The second-order valence-electron chi connectivity index (χ2n) is 20.0. The lowest BCUT2D eigenvalue weighted by atomic mass is 10.0. The molecule has 0 aromatic rings. The number of hydrogen-bond acceptors (Lipinski definition) is 7. The molecule has 10 heteroatoms. The summed E-state index contributed by atoms with van der Waals surface area (Å²) in [5, 5.41) is 0. The summed E-state index contributed by atoms with van der Waals surface area (Å²) in [6, 6.07) is 0. The summed E-state index contributed by atoms with van der Waals surface area (Å²) in [6.07, 6.45) is 52.7. The average molecular weight is 929 g/mol. The van der Waals surface area contributed by atoms with Crippen molar-refractivity contribution < 1.29 is 42.1 Å². The summed E-state index contributed by atoms with van der Waals surface area (Å²) in [7, 11) is 1.49. The lowest BCUT2D eigenvalue weighted by Gasteiger charge is -2.24. The molecule has 0 fully saturated rings. The largest absolute Gasteiger partial charge is 0.472 e. The van der Waals surface area contributed by atoms with Gasteiger partial charge in [0.25, 0.3) is 0 Å². The van der Waals surface area contributed by atoms with E-state index in [1.807, 2.05) is 21.1 Å². The standard InChI is InChI=1S/C54H106NO8P/c1-6-8-10-12-14-16-18-20-22-24-26-27-28-29-31-32-34-36-38-40-42-44-46-53(56)60-50-52(51-62-64(58,59)61-49-48-55(3,4)5)63-54(57)47-45-43-41-39-37-35-33-30-25-23-21-19-17-15-13-11-9-7-2/h23,25,52H,6-22,24,26-51H2,1-5H3/p+1/b25-23-. The molecule has 64 heavy (non-hydrogen) atoms. The molecule has 0 aliphatic rings. The monoisotopic (exact) mass is 929 g/mol. The number of esters is 2. The van der Waals surface area contributed by atoms with Gasteiger partial charge in [0.1, 0.15) is 19.8 Å². The number of allylic oxidation sites excluding steroid dienone is 2. The van der Waals surface area contributed by atoms with E-state index in [1.165, 1.54) is 193 Å². The minimum atomic E-state index is -4.38. The maximum atomic E-state index is 12.8. The Hall–Kier alpha value is -1.25. The molecule has 0 amide bonds. The van der Waals surface area contributed by atoms with Gasteiger partial charge in [-0.3, -0.25) is 18.6 Å². The minimum absolute atomic E-state index is 0.0344. The summed E-state index contributed by atoms with van der Waals surface area (Å²) in [5.74, 6) is -0.786. The number of carbonyl (C=O) groups excluding carboxylic acids is 2. The van der Waals surface area contributed by atoms with E-state index in [2.05, 4.69) is 26.0 Å². The van der Waals surface area contributed by atoms with Crippen LogP contribution in [0.25, 0.3) is 0 Å². The number of carbonyl (C=O) groups is 2. The molecule has 0 heterocycles. The van der Waals surface area contributed by atoms with Gasteiger partial charge in [0.15, 0.2) is 6.10 Å². The Bertz CT molecular complexity index is 1100. The fourth-order valence-corrected chi connectivity index (χ4v) is 8.75. The van der Waals surface area contributed by atoms with Crippen molar-refractivity contribution in [2.45, 2.75) is 277 Å². The van der Waals surface area contributed by atoms with Crippen molar-refractivity contribution in [3.05, 3.63) is 12.2 Å². The zero-order valence-electron chi connectivity index (χ0n) is 43.0. The van der Waals surface area contributed by atoms with E-state index >= 15 is 0 Å². The lowest BCUT2D eigenvalue weighted by molar-refractivity contribution is -0.870. The van der Waals surface area contributed by atoms with Crippen molar-refractivity contribution in [1.82, 2.24) is 0 Å². The predicted octanol–water partition coefficient (Wildman–Crippen LogP) is 16.5.